The van der Waals surface area contributed by atoms with Crippen molar-refractivity contribution in [1.82, 2.24) is 5.32 Å². The molecule has 1 aliphatic heterocycles. The van der Waals surface area contributed by atoms with E-state index in [9.17, 15) is 0 Å². The molecule has 0 bridgehead atoms. The Hall–Kier alpha value is -2.03. The predicted octanol–water partition coefficient (Wildman–Crippen LogP) is 2.95. The molecule has 86 valence electrons. The van der Waals surface area contributed by atoms with E-state index in [1.54, 1.807) is 0 Å². The van der Waals surface area contributed by atoms with Crippen molar-refractivity contribution in [2.75, 3.05) is 11.6 Å². The van der Waals surface area contributed by atoms with Crippen LogP contribution in [0.1, 0.15) is 12.8 Å². The topological polar surface area (TPSA) is 27.6 Å². The molecule has 0 spiro atoms. The van der Waals surface area contributed by atoms with Gasteiger partial charge in [0.25, 0.3) is 0 Å². The Balaban J connectivity index is 2.03. The van der Waals surface area contributed by atoms with E-state index in [-0.39, 0.29) is 0 Å². The highest BCUT2D eigenvalue weighted by Gasteiger charge is 2.23. The quantitative estimate of drug-likeness (QED) is 0.784. The van der Waals surface area contributed by atoms with Gasteiger partial charge >= 0.3 is 0 Å². The number of anilines is 1. The van der Waals surface area contributed by atoms with Crippen molar-refractivity contribution in [3.63, 3.8) is 0 Å². The van der Waals surface area contributed by atoms with Gasteiger partial charge in [0.05, 0.1) is 23.7 Å². The van der Waals surface area contributed by atoms with Crippen molar-refractivity contribution < 1.29 is 0 Å². The molecule has 0 saturated heterocycles. The molecule has 3 heteroatoms. The lowest BCUT2D eigenvalue weighted by Crippen LogP contribution is -2.22. The van der Waals surface area contributed by atoms with Gasteiger partial charge in [-0.2, -0.15) is 0 Å². The van der Waals surface area contributed by atoms with Gasteiger partial charge in [-0.05, 0) is 37.8 Å². The lowest BCUT2D eigenvalue weighted by Gasteiger charge is -2.21. The van der Waals surface area contributed by atoms with Gasteiger partial charge in [-0.3, -0.25) is 4.99 Å². The number of hydrogen-bond acceptors (Lipinski definition) is 3. The zero-order chi connectivity index (χ0) is 11.7. The van der Waals surface area contributed by atoms with Crippen LogP contribution in [0, 0.1) is 0 Å². The smallest absolute Gasteiger partial charge is 0.0925 e. The van der Waals surface area contributed by atoms with E-state index < -0.39 is 0 Å². The standard InChI is InChI=1S/C14H15N3/c1-15-11-6-2-4-8-13(11)17-10-16-12-7-3-5-9-14(12)17/h2,4-6,8-9,16H,1,3,7,10H2. The van der Waals surface area contributed by atoms with Crippen molar-refractivity contribution in [1.29, 1.82) is 0 Å². The largest absolute Gasteiger partial charge is 0.369 e. The third-order valence-electron chi connectivity index (χ3n) is 3.23. The molecule has 3 nitrogen and oxygen atoms in total. The van der Waals surface area contributed by atoms with Crippen LogP contribution in [0.2, 0.25) is 0 Å². The molecule has 0 aromatic heterocycles. The molecule has 1 N–H and O–H groups in total. The minimum Gasteiger partial charge on any atom is -0.369 e. The van der Waals surface area contributed by atoms with Crippen molar-refractivity contribution in [2.45, 2.75) is 12.8 Å². The van der Waals surface area contributed by atoms with Crippen molar-refractivity contribution in [3.8, 4) is 0 Å². The molecule has 0 radical (unpaired) electrons. The Bertz CT molecular complexity index is 514. The van der Waals surface area contributed by atoms with Crippen LogP contribution < -0.4 is 10.2 Å². The van der Waals surface area contributed by atoms with Gasteiger partial charge in [0.1, 0.15) is 0 Å². The second kappa shape index (κ2) is 4.09. The number of allylic oxidation sites excluding steroid dienone is 3. The summed E-state index contributed by atoms with van der Waals surface area (Å²) in [4.78, 5) is 6.35. The maximum absolute atomic E-state index is 4.09. The fraction of sp³-hybridized carbons (Fsp3) is 0.214. The number of para-hydroxylation sites is 2. The molecular formula is C14H15N3. The van der Waals surface area contributed by atoms with Gasteiger partial charge in [0.15, 0.2) is 0 Å². The molecule has 1 aromatic rings. The van der Waals surface area contributed by atoms with E-state index in [0.717, 1.165) is 30.9 Å². The van der Waals surface area contributed by atoms with Crippen molar-refractivity contribution in [3.05, 3.63) is 47.8 Å². The van der Waals surface area contributed by atoms with Crippen LogP contribution in [0.15, 0.2) is 52.8 Å². The number of nitrogens with zero attached hydrogens (tertiary/aromatic N) is 2. The number of aliphatic imine (C=N–C) groups is 1. The van der Waals surface area contributed by atoms with Gasteiger partial charge < -0.3 is 10.2 Å². The van der Waals surface area contributed by atoms with Crippen LogP contribution in [-0.2, 0) is 0 Å². The summed E-state index contributed by atoms with van der Waals surface area (Å²) in [5, 5.41) is 3.45. The lowest BCUT2D eigenvalue weighted by atomic mass is 10.1. The van der Waals surface area contributed by atoms with E-state index in [2.05, 4.69) is 40.1 Å². The molecule has 17 heavy (non-hydrogen) atoms. The van der Waals surface area contributed by atoms with E-state index in [1.807, 2.05) is 18.2 Å². The highest BCUT2D eigenvalue weighted by molar-refractivity contribution is 5.73. The maximum Gasteiger partial charge on any atom is 0.0925 e. The van der Waals surface area contributed by atoms with Gasteiger partial charge in [0, 0.05) is 5.70 Å². The van der Waals surface area contributed by atoms with Crippen LogP contribution in [0.5, 0.6) is 0 Å². The van der Waals surface area contributed by atoms with Gasteiger partial charge in [-0.15, -0.1) is 0 Å². The predicted molar refractivity (Wildman–Crippen MR) is 71.5 cm³/mol. The SMILES string of the molecule is C=Nc1ccccc1N1CNC2=C1C=CCC2. The zero-order valence-corrected chi connectivity index (χ0v) is 9.69. The summed E-state index contributed by atoms with van der Waals surface area (Å²) < 4.78 is 0. The zero-order valence-electron chi connectivity index (χ0n) is 9.69. The second-order valence-electron chi connectivity index (χ2n) is 4.21. The Labute approximate surface area is 101 Å². The minimum atomic E-state index is 0.821. The van der Waals surface area contributed by atoms with Gasteiger partial charge in [-0.25, -0.2) is 0 Å². The summed E-state index contributed by atoms with van der Waals surface area (Å²) in [6, 6.07) is 8.11. The molecule has 3 rings (SSSR count). The first-order valence-corrected chi connectivity index (χ1v) is 5.87. The number of hydrogen-bond donors (Lipinski definition) is 1. The Morgan fingerprint density at radius 3 is 3.06 bits per heavy atom. The van der Waals surface area contributed by atoms with E-state index in [1.165, 1.54) is 11.4 Å². The normalized spacial score (nSPS) is 18.0. The second-order valence-corrected chi connectivity index (χ2v) is 4.21. The first-order chi connectivity index (χ1) is 8.40. The monoisotopic (exact) mass is 225 g/mol. The van der Waals surface area contributed by atoms with Crippen LogP contribution in [0.4, 0.5) is 11.4 Å². The van der Waals surface area contributed by atoms with E-state index in [4.69, 9.17) is 0 Å². The first kappa shape index (κ1) is 10.1. The summed E-state index contributed by atoms with van der Waals surface area (Å²) in [5.41, 5.74) is 4.66. The van der Waals surface area contributed by atoms with Crippen LogP contribution in [0.25, 0.3) is 0 Å². The summed E-state index contributed by atoms with van der Waals surface area (Å²) in [6.45, 7) is 4.46. The fourth-order valence-corrected chi connectivity index (χ4v) is 2.38. The fourth-order valence-electron chi connectivity index (χ4n) is 2.38. The van der Waals surface area contributed by atoms with Crippen molar-refractivity contribution >= 4 is 18.1 Å². The average molecular weight is 225 g/mol. The van der Waals surface area contributed by atoms with E-state index in [0.29, 0.717) is 0 Å². The van der Waals surface area contributed by atoms with Crippen LogP contribution in [0.3, 0.4) is 0 Å². The summed E-state index contributed by atoms with van der Waals surface area (Å²) in [7, 11) is 0. The Morgan fingerprint density at radius 1 is 1.29 bits per heavy atom. The Morgan fingerprint density at radius 2 is 2.18 bits per heavy atom. The first-order valence-electron chi connectivity index (χ1n) is 5.87. The molecule has 0 unspecified atom stereocenters. The molecule has 1 aromatic carbocycles. The number of benzene rings is 1. The summed E-state index contributed by atoms with van der Waals surface area (Å²) in [5.74, 6) is 0. The van der Waals surface area contributed by atoms with Crippen molar-refractivity contribution in [2.24, 2.45) is 4.99 Å². The molecule has 1 heterocycles. The summed E-state index contributed by atoms with van der Waals surface area (Å²) in [6.07, 6.45) is 6.65. The molecule has 1 aliphatic carbocycles. The number of rotatable bonds is 2. The third-order valence-corrected chi connectivity index (χ3v) is 3.23. The maximum atomic E-state index is 4.09. The van der Waals surface area contributed by atoms with E-state index >= 15 is 0 Å². The third kappa shape index (κ3) is 1.64. The number of nitrogens with one attached hydrogen (secondary N) is 1. The lowest BCUT2D eigenvalue weighted by molar-refractivity contribution is 0.808. The highest BCUT2D eigenvalue weighted by Crippen LogP contribution is 2.35. The van der Waals surface area contributed by atoms with Crippen LogP contribution >= 0.6 is 0 Å². The van der Waals surface area contributed by atoms with Crippen LogP contribution in [-0.4, -0.2) is 13.4 Å². The Kier molecular flexibility index (Phi) is 2.44. The molecular weight excluding hydrogens is 210 g/mol. The van der Waals surface area contributed by atoms with Gasteiger partial charge in [0.2, 0.25) is 0 Å². The highest BCUT2D eigenvalue weighted by atomic mass is 15.3. The molecule has 2 aliphatic rings. The minimum absolute atomic E-state index is 0.821. The average Bonchev–Trinajstić information content (AvgIpc) is 2.82. The molecule has 0 amide bonds. The molecule has 0 fully saturated rings. The molecule has 0 saturated carbocycles. The molecule has 0 atom stereocenters. The summed E-state index contributed by atoms with van der Waals surface area (Å²) >= 11 is 0. The van der Waals surface area contributed by atoms with Gasteiger partial charge in [-0.1, -0.05) is 18.2 Å².